The maximum atomic E-state index is 13.9. The lowest BCUT2D eigenvalue weighted by Crippen LogP contribution is -2.46. The summed E-state index contributed by atoms with van der Waals surface area (Å²) >= 11 is 0. The van der Waals surface area contributed by atoms with Crippen molar-refractivity contribution in [2.45, 2.75) is 116 Å². The Morgan fingerprint density at radius 2 is 1.54 bits per heavy atom. The highest BCUT2D eigenvalue weighted by Crippen LogP contribution is 2.31. The number of aliphatic imine (C=N–C) groups is 1. The third-order valence-electron chi connectivity index (χ3n) is 9.18. The van der Waals surface area contributed by atoms with E-state index in [0.717, 1.165) is 42.4 Å². The van der Waals surface area contributed by atoms with Crippen LogP contribution in [0.3, 0.4) is 0 Å². The molecule has 0 unspecified atom stereocenters. The molecule has 12 N–H and O–H groups in total. The van der Waals surface area contributed by atoms with Crippen molar-refractivity contribution in [3.8, 4) is 5.75 Å². The average Bonchev–Trinajstić information content (AvgIpc) is 2.99. The monoisotopic (exact) mass is 643 g/mol. The Kier molecular flexibility index (Phi) is 16.7. The van der Waals surface area contributed by atoms with Gasteiger partial charge in [-0.25, -0.2) is 0 Å². The lowest BCUT2D eigenvalue weighted by atomic mass is 9.80. The molecule has 1 aliphatic carbocycles. The van der Waals surface area contributed by atoms with Crippen LogP contribution in [0.4, 0.5) is 0 Å². The first-order valence-electron chi connectivity index (χ1n) is 16.8. The van der Waals surface area contributed by atoms with Crippen LogP contribution in [0.15, 0.2) is 17.1 Å². The van der Waals surface area contributed by atoms with Crippen molar-refractivity contribution in [3.05, 3.63) is 28.8 Å². The maximum Gasteiger partial charge on any atom is 0.224 e. The lowest BCUT2D eigenvalue weighted by molar-refractivity contribution is -0.134. The second-order valence-electron chi connectivity index (χ2n) is 13.0. The summed E-state index contributed by atoms with van der Waals surface area (Å²) in [5.41, 5.74) is 30.8. The van der Waals surface area contributed by atoms with Gasteiger partial charge in [0.25, 0.3) is 0 Å². The largest absolute Gasteiger partial charge is 0.508 e. The zero-order valence-electron chi connectivity index (χ0n) is 27.8. The Labute approximate surface area is 273 Å². The van der Waals surface area contributed by atoms with E-state index in [-0.39, 0.29) is 42.5 Å². The fourth-order valence-electron chi connectivity index (χ4n) is 6.48. The van der Waals surface area contributed by atoms with Gasteiger partial charge in [-0.15, -0.1) is 0 Å². The van der Waals surface area contributed by atoms with Crippen LogP contribution in [0.1, 0.15) is 100 Å². The van der Waals surface area contributed by atoms with E-state index in [1.165, 1.54) is 6.42 Å². The number of guanidine groups is 1. The molecule has 1 saturated carbocycles. The van der Waals surface area contributed by atoms with Gasteiger partial charge in [-0.2, -0.15) is 0 Å². The second kappa shape index (κ2) is 19.9. The summed E-state index contributed by atoms with van der Waals surface area (Å²) < 4.78 is 0. The number of phenols is 1. The van der Waals surface area contributed by atoms with Crippen molar-refractivity contribution in [2.75, 3.05) is 13.1 Å². The summed E-state index contributed by atoms with van der Waals surface area (Å²) in [4.78, 5) is 57.2. The Morgan fingerprint density at radius 3 is 2.13 bits per heavy atom. The summed E-state index contributed by atoms with van der Waals surface area (Å²) in [5, 5.41) is 13.0. The number of carbonyl (C=O) groups is 4. The fourth-order valence-corrected chi connectivity index (χ4v) is 6.48. The molecular formula is C34H57N7O5. The van der Waals surface area contributed by atoms with E-state index in [0.29, 0.717) is 57.5 Å². The number of nitrogens with one attached hydrogen (secondary N) is 1. The van der Waals surface area contributed by atoms with E-state index in [1.807, 2.05) is 13.8 Å². The first-order chi connectivity index (χ1) is 21.8. The number of primary amides is 1. The lowest BCUT2D eigenvalue weighted by Gasteiger charge is -2.27. The fraction of sp³-hybridized carbons (Fsp3) is 0.676. The van der Waals surface area contributed by atoms with Crippen molar-refractivity contribution in [1.29, 1.82) is 0 Å². The molecule has 0 spiro atoms. The number of carbonyl (C=O) groups excluding carboxylic acids is 4. The van der Waals surface area contributed by atoms with Gasteiger partial charge in [0, 0.05) is 31.2 Å². The highest BCUT2D eigenvalue weighted by Gasteiger charge is 2.32. The van der Waals surface area contributed by atoms with E-state index in [1.54, 1.807) is 12.1 Å². The number of ketones is 2. The van der Waals surface area contributed by atoms with E-state index >= 15 is 0 Å². The summed E-state index contributed by atoms with van der Waals surface area (Å²) in [6.45, 7) is 4.45. The quantitative estimate of drug-likeness (QED) is 0.0588. The summed E-state index contributed by atoms with van der Waals surface area (Å²) in [6, 6.07) is 1.57. The number of nitrogens with zero attached hydrogens (tertiary/aromatic N) is 1. The number of benzene rings is 1. The SMILES string of the molecule is Cc1cc(O)cc(C)c1C[C@H](CC(=O)[C@H](N)CCCN=C(N)N)C(=O)N[C@@H](CCCCN)C(=O)C[C@@H](CC1CCCCC1)C(N)=O. The predicted octanol–water partition coefficient (Wildman–Crippen LogP) is 2.15. The third kappa shape index (κ3) is 13.5. The summed E-state index contributed by atoms with van der Waals surface area (Å²) in [6.07, 6.45) is 8.55. The molecular weight excluding hydrogens is 586 g/mol. The van der Waals surface area contributed by atoms with E-state index < -0.39 is 35.7 Å². The Hall–Kier alpha value is -3.51. The number of rotatable bonds is 21. The molecule has 1 aliphatic rings. The Balaban J connectivity index is 2.27. The van der Waals surface area contributed by atoms with Gasteiger partial charge in [-0.1, -0.05) is 32.1 Å². The van der Waals surface area contributed by atoms with Crippen LogP contribution in [0.5, 0.6) is 5.75 Å². The molecule has 0 saturated heterocycles. The number of nitrogens with two attached hydrogens (primary N) is 5. The van der Waals surface area contributed by atoms with Gasteiger partial charge in [0.1, 0.15) is 11.5 Å². The molecule has 258 valence electrons. The molecule has 2 rings (SSSR count). The zero-order chi connectivity index (χ0) is 34.2. The van der Waals surface area contributed by atoms with Crippen molar-refractivity contribution < 1.29 is 24.3 Å². The standard InChI is InChI=1S/C34H57N7O5/c1-21-15-26(42)16-22(2)27(21)18-25(20-30(43)28(36)11-8-14-40-34(38)39)33(46)41-29(12-6-7-13-35)31(44)19-24(32(37)45)17-23-9-4-3-5-10-23/h15-16,23-25,28-29,42H,3-14,17-20,35-36H2,1-2H3,(H2,37,45)(H,41,46)(H4,38,39,40)/t24-,25-,28-,29+/m1/s1. The molecule has 2 amide bonds. The van der Waals surface area contributed by atoms with Gasteiger partial charge in [-0.05, 0) is 100 Å². The molecule has 12 heteroatoms. The van der Waals surface area contributed by atoms with E-state index in [2.05, 4.69) is 10.3 Å². The molecule has 1 fully saturated rings. The number of phenolic OH excluding ortho intramolecular Hbond substituents is 1. The van der Waals surface area contributed by atoms with Crippen molar-refractivity contribution in [1.82, 2.24) is 5.32 Å². The van der Waals surface area contributed by atoms with Crippen LogP contribution >= 0.6 is 0 Å². The number of aryl methyl sites for hydroxylation is 2. The predicted molar refractivity (Wildman–Crippen MR) is 181 cm³/mol. The Bertz CT molecular complexity index is 1170. The van der Waals surface area contributed by atoms with Gasteiger partial charge in [-0.3, -0.25) is 24.2 Å². The zero-order valence-corrected chi connectivity index (χ0v) is 27.8. The van der Waals surface area contributed by atoms with Crippen LogP contribution in [-0.4, -0.2) is 59.6 Å². The van der Waals surface area contributed by atoms with Gasteiger partial charge < -0.3 is 39.1 Å². The van der Waals surface area contributed by atoms with Crippen LogP contribution in [0.25, 0.3) is 0 Å². The molecule has 12 nitrogen and oxygen atoms in total. The van der Waals surface area contributed by atoms with Gasteiger partial charge in [0.2, 0.25) is 11.8 Å². The highest BCUT2D eigenvalue weighted by molar-refractivity contribution is 5.94. The van der Waals surface area contributed by atoms with Crippen molar-refractivity contribution in [3.63, 3.8) is 0 Å². The van der Waals surface area contributed by atoms with Gasteiger partial charge in [0.15, 0.2) is 11.7 Å². The number of amides is 2. The minimum absolute atomic E-state index is 0.0389. The van der Waals surface area contributed by atoms with Crippen LogP contribution in [0.2, 0.25) is 0 Å². The highest BCUT2D eigenvalue weighted by atomic mass is 16.3. The first kappa shape index (κ1) is 38.7. The molecule has 1 aromatic rings. The van der Waals surface area contributed by atoms with E-state index in [4.69, 9.17) is 28.7 Å². The smallest absolute Gasteiger partial charge is 0.224 e. The van der Waals surface area contributed by atoms with Crippen LogP contribution < -0.4 is 34.0 Å². The van der Waals surface area contributed by atoms with Crippen molar-refractivity contribution in [2.24, 2.45) is 51.4 Å². The number of Topliss-reactive ketones (excluding diaryl/α,β-unsaturated/α-hetero) is 2. The molecule has 0 radical (unpaired) electrons. The molecule has 1 aromatic carbocycles. The number of hydrogen-bond acceptors (Lipinski definition) is 8. The van der Waals surface area contributed by atoms with Crippen LogP contribution in [-0.2, 0) is 25.6 Å². The second-order valence-corrected chi connectivity index (χ2v) is 13.0. The maximum absolute atomic E-state index is 13.9. The summed E-state index contributed by atoms with van der Waals surface area (Å²) in [7, 11) is 0. The molecule has 0 heterocycles. The van der Waals surface area contributed by atoms with Gasteiger partial charge in [0.05, 0.1) is 12.1 Å². The Morgan fingerprint density at radius 1 is 0.913 bits per heavy atom. The minimum Gasteiger partial charge on any atom is -0.508 e. The summed E-state index contributed by atoms with van der Waals surface area (Å²) in [5.74, 6) is -2.46. The van der Waals surface area contributed by atoms with Crippen LogP contribution in [0, 0.1) is 31.6 Å². The first-order valence-corrected chi connectivity index (χ1v) is 16.8. The average molecular weight is 644 g/mol. The number of unbranched alkanes of at least 4 members (excludes halogenated alkanes) is 1. The number of hydrogen-bond donors (Lipinski definition) is 7. The molecule has 0 aliphatic heterocycles. The van der Waals surface area contributed by atoms with E-state index in [9.17, 15) is 24.3 Å². The third-order valence-corrected chi connectivity index (χ3v) is 9.18. The number of aromatic hydroxyl groups is 1. The molecule has 4 atom stereocenters. The molecule has 0 aromatic heterocycles. The topological polar surface area (TPSA) is 243 Å². The molecule has 0 bridgehead atoms. The minimum atomic E-state index is -0.847. The normalized spacial score (nSPS) is 16.2. The van der Waals surface area contributed by atoms with Crippen molar-refractivity contribution >= 4 is 29.3 Å². The molecule has 46 heavy (non-hydrogen) atoms. The van der Waals surface area contributed by atoms with Gasteiger partial charge >= 0.3 is 0 Å².